The van der Waals surface area contributed by atoms with Crippen molar-refractivity contribution in [3.8, 4) is 0 Å². The van der Waals surface area contributed by atoms with Crippen LogP contribution in [-0.2, 0) is 14.2 Å². The second kappa shape index (κ2) is 35.2. The molecule has 2 heterocycles. The summed E-state index contributed by atoms with van der Waals surface area (Å²) in [4.78, 5) is 0. The van der Waals surface area contributed by atoms with Crippen LogP contribution in [0.4, 0.5) is 0 Å². The SMILES string of the molecule is C(CCCC1CC(CCCCCC2CC2)CC(CCCCCC2CC2)CC(CCCCCC2CC2)(C2(CCCCCC3CC3)CC(CCCCCC3CC3)CC(CCCCCC3CO3)CC(CCCOCC3CO3)C2)C1)CCC1CC1. The fraction of sp³-hybridized carbons (Fsp3) is 1.00. The Bertz CT molecular complexity index is 1590. The Kier molecular flexibility index (Phi) is 27.7. The minimum atomic E-state index is 0.387. The zero-order valence-corrected chi connectivity index (χ0v) is 54.1. The molecular weight excluding hydrogens is 985 g/mol. The second-order valence-corrected chi connectivity index (χ2v) is 33.0. The van der Waals surface area contributed by atoms with E-state index in [0.717, 1.165) is 97.4 Å². The third-order valence-electron chi connectivity index (χ3n) is 25.0. The molecule has 0 aromatic rings. The molecule has 10 unspecified atom stereocenters. The number of hydrogen-bond acceptors (Lipinski definition) is 3. The van der Waals surface area contributed by atoms with Gasteiger partial charge >= 0.3 is 0 Å². The van der Waals surface area contributed by atoms with E-state index in [-0.39, 0.29) is 0 Å². The molecule has 0 radical (unpaired) electrons. The van der Waals surface area contributed by atoms with Crippen molar-refractivity contribution in [3.05, 3.63) is 0 Å². The van der Waals surface area contributed by atoms with Crippen LogP contribution in [0.15, 0.2) is 0 Å². The number of rotatable bonds is 50. The molecule has 0 amide bonds. The molecule has 468 valence electrons. The predicted octanol–water partition coefficient (Wildman–Crippen LogP) is 23.9. The van der Waals surface area contributed by atoms with Crippen molar-refractivity contribution in [2.75, 3.05) is 26.4 Å². The molecule has 8 aliphatic carbocycles. The maximum Gasteiger partial charge on any atom is 0.104 e. The molecule has 2 saturated heterocycles. The third kappa shape index (κ3) is 26.2. The summed E-state index contributed by atoms with van der Waals surface area (Å²) in [5.41, 5.74) is 1.00. The summed E-state index contributed by atoms with van der Waals surface area (Å²) in [6, 6.07) is 0. The van der Waals surface area contributed by atoms with E-state index in [2.05, 4.69) is 0 Å². The first-order valence-electron chi connectivity index (χ1n) is 38.8. The standard InChI is InChI=1S/C78H138O3/c1(9-24-63-37-38-63)2-10-32-71-52-69(30-14-3-11-25-64-39-40-64)53-72(33-16-4-12-26-65-41-42-65)57-77(56-71,49-21-7-18-28-67-45-46-67)78(50-22-8-19-29-68-47-48-68)58-73(34-17-5-13-27-66-43-44-66)54-70(31-15-6-20-36-75-61-80-75)55-74(59-78)35-23-51-79-60-76-62-81-76/h63-76H,1-62H2. The van der Waals surface area contributed by atoms with E-state index in [0.29, 0.717) is 23.0 Å². The largest absolute Gasteiger partial charge is 0.379 e. The van der Waals surface area contributed by atoms with Crippen molar-refractivity contribution in [2.24, 2.45) is 81.8 Å². The van der Waals surface area contributed by atoms with Crippen LogP contribution in [-0.4, -0.2) is 38.6 Å². The predicted molar refractivity (Wildman–Crippen MR) is 345 cm³/mol. The van der Waals surface area contributed by atoms with Crippen molar-refractivity contribution in [1.29, 1.82) is 0 Å². The number of hydrogen-bond donors (Lipinski definition) is 0. The van der Waals surface area contributed by atoms with Gasteiger partial charge in [0.25, 0.3) is 0 Å². The van der Waals surface area contributed by atoms with Gasteiger partial charge in [0, 0.05) is 6.61 Å². The molecule has 2 aliphatic heterocycles. The summed E-state index contributed by atoms with van der Waals surface area (Å²) in [6.45, 7) is 3.76. The number of unbranched alkanes of at least 4 members (excludes halogenated alkanes) is 15. The van der Waals surface area contributed by atoms with Gasteiger partial charge in [0.15, 0.2) is 0 Å². The molecule has 0 bridgehead atoms. The van der Waals surface area contributed by atoms with Gasteiger partial charge in [0.05, 0.1) is 25.9 Å². The topological polar surface area (TPSA) is 34.3 Å². The third-order valence-corrected chi connectivity index (χ3v) is 25.0. The number of epoxide rings is 2. The van der Waals surface area contributed by atoms with E-state index in [4.69, 9.17) is 14.2 Å². The molecule has 10 rings (SSSR count). The van der Waals surface area contributed by atoms with Crippen LogP contribution < -0.4 is 0 Å². The molecule has 0 N–H and O–H groups in total. The van der Waals surface area contributed by atoms with Crippen LogP contribution in [0.5, 0.6) is 0 Å². The molecule has 3 nitrogen and oxygen atoms in total. The van der Waals surface area contributed by atoms with Crippen LogP contribution in [0.25, 0.3) is 0 Å². The summed E-state index contributed by atoms with van der Waals surface area (Å²) in [7, 11) is 0. The molecule has 3 heteroatoms. The lowest BCUT2D eigenvalue weighted by atomic mass is 9.46. The quantitative estimate of drug-likeness (QED) is 0.0450. The monoisotopic (exact) mass is 1120 g/mol. The van der Waals surface area contributed by atoms with Crippen molar-refractivity contribution in [2.45, 2.75) is 385 Å². The lowest BCUT2D eigenvalue weighted by Crippen LogP contribution is -2.49. The fourth-order valence-electron chi connectivity index (χ4n) is 18.9. The molecule has 8 saturated carbocycles. The van der Waals surface area contributed by atoms with Gasteiger partial charge in [0.1, 0.15) is 6.10 Å². The van der Waals surface area contributed by atoms with E-state index in [1.807, 2.05) is 0 Å². The average Bonchev–Trinajstić information content (AvgIpc) is 4.29. The Morgan fingerprint density at radius 3 is 0.790 bits per heavy atom. The summed E-state index contributed by atoms with van der Waals surface area (Å²) < 4.78 is 17.9. The zero-order valence-electron chi connectivity index (χ0n) is 54.1. The van der Waals surface area contributed by atoms with Crippen LogP contribution in [0.1, 0.15) is 372 Å². The highest BCUT2D eigenvalue weighted by Gasteiger charge is 2.54. The maximum absolute atomic E-state index is 6.48. The highest BCUT2D eigenvalue weighted by Crippen LogP contribution is 2.65. The van der Waals surface area contributed by atoms with Gasteiger partial charge in [-0.3, -0.25) is 0 Å². The first-order chi connectivity index (χ1) is 40.0. The lowest BCUT2D eigenvalue weighted by molar-refractivity contribution is -0.0902. The van der Waals surface area contributed by atoms with Crippen LogP contribution in [0, 0.1) is 81.8 Å². The molecule has 10 atom stereocenters. The fourth-order valence-corrected chi connectivity index (χ4v) is 18.9. The van der Waals surface area contributed by atoms with Gasteiger partial charge in [-0.15, -0.1) is 0 Å². The van der Waals surface area contributed by atoms with Crippen molar-refractivity contribution in [1.82, 2.24) is 0 Å². The van der Waals surface area contributed by atoms with Crippen molar-refractivity contribution >= 4 is 0 Å². The maximum atomic E-state index is 6.48. The van der Waals surface area contributed by atoms with E-state index >= 15 is 0 Å². The van der Waals surface area contributed by atoms with Crippen LogP contribution >= 0.6 is 0 Å². The molecule has 10 fully saturated rings. The smallest absolute Gasteiger partial charge is 0.104 e. The molecular formula is C78H138O3. The Labute approximate surface area is 504 Å². The Balaban J connectivity index is 0.965. The van der Waals surface area contributed by atoms with E-state index in [1.54, 1.807) is 173 Å². The highest BCUT2D eigenvalue weighted by atomic mass is 16.6. The summed E-state index contributed by atoms with van der Waals surface area (Å²) in [6.07, 6.45) is 89.8. The minimum Gasteiger partial charge on any atom is -0.379 e. The van der Waals surface area contributed by atoms with Crippen molar-refractivity contribution < 1.29 is 14.2 Å². The molecule has 10 aliphatic rings. The average molecular weight is 1120 g/mol. The Morgan fingerprint density at radius 1 is 0.247 bits per heavy atom. The van der Waals surface area contributed by atoms with Gasteiger partial charge < -0.3 is 14.2 Å². The molecule has 81 heavy (non-hydrogen) atoms. The second-order valence-electron chi connectivity index (χ2n) is 33.0. The zero-order chi connectivity index (χ0) is 55.0. The van der Waals surface area contributed by atoms with Gasteiger partial charge in [-0.25, -0.2) is 0 Å². The number of ether oxygens (including phenoxy) is 3. The van der Waals surface area contributed by atoms with Gasteiger partial charge in [0.2, 0.25) is 0 Å². The Morgan fingerprint density at radius 2 is 0.494 bits per heavy atom. The first-order valence-corrected chi connectivity index (χ1v) is 38.8. The van der Waals surface area contributed by atoms with Crippen LogP contribution in [0.2, 0.25) is 0 Å². The van der Waals surface area contributed by atoms with Gasteiger partial charge in [-0.1, -0.05) is 289 Å². The van der Waals surface area contributed by atoms with E-state index in [9.17, 15) is 0 Å². The molecule has 0 aromatic heterocycles. The summed E-state index contributed by atoms with van der Waals surface area (Å²) in [5, 5.41) is 0. The Hall–Kier alpha value is -0.120. The van der Waals surface area contributed by atoms with Gasteiger partial charge in [-0.2, -0.15) is 0 Å². The van der Waals surface area contributed by atoms with Crippen LogP contribution in [0.3, 0.4) is 0 Å². The molecule has 0 spiro atoms. The summed E-state index contributed by atoms with van der Waals surface area (Å²) in [5.74, 6) is 12.2. The van der Waals surface area contributed by atoms with Crippen molar-refractivity contribution in [3.63, 3.8) is 0 Å². The summed E-state index contributed by atoms with van der Waals surface area (Å²) >= 11 is 0. The van der Waals surface area contributed by atoms with Gasteiger partial charge in [-0.05, 0) is 165 Å². The highest BCUT2D eigenvalue weighted by molar-refractivity contribution is 5.05. The first kappa shape index (κ1) is 63.9. The van der Waals surface area contributed by atoms with E-state index in [1.165, 1.54) is 199 Å². The normalized spacial score (nSPS) is 32.6. The minimum absolute atomic E-state index is 0.387. The van der Waals surface area contributed by atoms with E-state index < -0.39 is 0 Å². The lowest BCUT2D eigenvalue weighted by Gasteiger charge is -2.59. The molecule has 0 aromatic carbocycles.